The number of allylic oxidation sites excluding steroid dienone is 1. The molecule has 0 bridgehead atoms. The van der Waals surface area contributed by atoms with Crippen molar-refractivity contribution in [3.63, 3.8) is 0 Å². The van der Waals surface area contributed by atoms with Crippen LogP contribution in [-0.4, -0.2) is 34.3 Å². The molecule has 2 aromatic rings. The van der Waals surface area contributed by atoms with Crippen LogP contribution in [0.5, 0.6) is 0 Å². The summed E-state index contributed by atoms with van der Waals surface area (Å²) in [5.41, 5.74) is 0.469. The van der Waals surface area contributed by atoms with Crippen molar-refractivity contribution in [2.45, 2.75) is 24.0 Å². The molecule has 0 amide bonds. The number of H-pyrrole nitrogens is 1. The lowest BCUT2D eigenvalue weighted by Gasteiger charge is -2.11. The van der Waals surface area contributed by atoms with E-state index < -0.39 is 15.1 Å². The SMILES string of the molecule is CC(C)S(=O)(=O)c1ccc(Cl)c(NC=C(C#N)c2nn[nH]n2)c1. The molecule has 1 aromatic carbocycles. The topological polar surface area (TPSA) is 124 Å². The van der Waals surface area contributed by atoms with Crippen molar-refractivity contribution in [1.29, 1.82) is 5.26 Å². The Morgan fingerprint density at radius 2 is 2.22 bits per heavy atom. The van der Waals surface area contributed by atoms with Gasteiger partial charge in [0.15, 0.2) is 9.84 Å². The van der Waals surface area contributed by atoms with Crippen LogP contribution in [0.2, 0.25) is 5.02 Å². The van der Waals surface area contributed by atoms with E-state index in [0.717, 1.165) is 0 Å². The lowest BCUT2D eigenvalue weighted by molar-refractivity contribution is 0.587. The number of rotatable bonds is 5. The molecule has 0 aliphatic heterocycles. The zero-order chi connectivity index (χ0) is 17.0. The van der Waals surface area contributed by atoms with Crippen LogP contribution in [0.4, 0.5) is 5.69 Å². The number of aromatic nitrogens is 4. The van der Waals surface area contributed by atoms with Crippen LogP contribution in [0.3, 0.4) is 0 Å². The summed E-state index contributed by atoms with van der Waals surface area (Å²) < 4.78 is 24.4. The predicted octanol–water partition coefficient (Wildman–Crippen LogP) is 2.01. The molecule has 0 aliphatic rings. The van der Waals surface area contributed by atoms with Gasteiger partial charge in [0.1, 0.15) is 11.6 Å². The number of nitrogens with one attached hydrogen (secondary N) is 2. The van der Waals surface area contributed by atoms with Crippen molar-refractivity contribution < 1.29 is 8.42 Å². The number of nitriles is 1. The first-order valence-corrected chi connectivity index (χ1v) is 8.42. The number of sulfone groups is 1. The first kappa shape index (κ1) is 16.9. The number of hydrogen-bond donors (Lipinski definition) is 2. The number of aromatic amines is 1. The van der Waals surface area contributed by atoms with Gasteiger partial charge in [0.05, 0.1) is 20.9 Å². The molecule has 0 saturated heterocycles. The van der Waals surface area contributed by atoms with Crippen molar-refractivity contribution in [3.05, 3.63) is 35.2 Å². The molecule has 1 heterocycles. The third kappa shape index (κ3) is 3.67. The zero-order valence-electron chi connectivity index (χ0n) is 12.3. The maximum atomic E-state index is 12.2. The summed E-state index contributed by atoms with van der Waals surface area (Å²) in [7, 11) is -3.43. The molecule has 0 spiro atoms. The lowest BCUT2D eigenvalue weighted by atomic mass is 10.3. The predicted molar refractivity (Wildman–Crippen MR) is 85.2 cm³/mol. The van der Waals surface area contributed by atoms with Crippen LogP contribution in [-0.2, 0) is 9.84 Å². The van der Waals surface area contributed by atoms with Gasteiger partial charge in [0.25, 0.3) is 0 Å². The first-order chi connectivity index (χ1) is 10.9. The van der Waals surface area contributed by atoms with Crippen LogP contribution in [0.1, 0.15) is 19.7 Å². The average Bonchev–Trinajstić information content (AvgIpc) is 3.03. The highest BCUT2D eigenvalue weighted by atomic mass is 35.5. The molecule has 0 atom stereocenters. The Bertz CT molecular complexity index is 868. The summed E-state index contributed by atoms with van der Waals surface area (Å²) in [4.78, 5) is 0.144. The monoisotopic (exact) mass is 352 g/mol. The molecule has 1 aromatic heterocycles. The van der Waals surface area contributed by atoms with Crippen molar-refractivity contribution in [2.75, 3.05) is 5.32 Å². The van der Waals surface area contributed by atoms with Gasteiger partial charge in [-0.2, -0.15) is 10.5 Å². The molecule has 0 unspecified atom stereocenters. The molecule has 10 heteroatoms. The summed E-state index contributed by atoms with van der Waals surface area (Å²) >= 11 is 6.06. The Morgan fingerprint density at radius 1 is 1.48 bits per heavy atom. The second-order valence-corrected chi connectivity index (χ2v) is 7.70. The molecule has 120 valence electrons. The molecule has 2 rings (SSSR count). The molecule has 8 nitrogen and oxygen atoms in total. The summed E-state index contributed by atoms with van der Waals surface area (Å²) in [6.45, 7) is 3.20. The van der Waals surface area contributed by atoms with E-state index in [2.05, 4.69) is 25.9 Å². The number of tetrazole rings is 1. The Kier molecular flexibility index (Phi) is 4.98. The van der Waals surface area contributed by atoms with Crippen molar-refractivity contribution in [1.82, 2.24) is 20.6 Å². The number of hydrogen-bond acceptors (Lipinski definition) is 7. The van der Waals surface area contributed by atoms with E-state index >= 15 is 0 Å². The van der Waals surface area contributed by atoms with Gasteiger partial charge in [-0.3, -0.25) is 0 Å². The third-order valence-electron chi connectivity index (χ3n) is 2.97. The molecule has 0 fully saturated rings. The van der Waals surface area contributed by atoms with Gasteiger partial charge in [-0.15, -0.1) is 10.2 Å². The summed E-state index contributed by atoms with van der Waals surface area (Å²) in [5, 5.41) is 24.7. The van der Waals surface area contributed by atoms with E-state index in [1.54, 1.807) is 13.8 Å². The zero-order valence-corrected chi connectivity index (χ0v) is 13.9. The third-order valence-corrected chi connectivity index (χ3v) is 5.45. The Morgan fingerprint density at radius 3 is 2.78 bits per heavy atom. The maximum Gasteiger partial charge on any atom is 0.216 e. The van der Waals surface area contributed by atoms with E-state index in [4.69, 9.17) is 16.9 Å². The van der Waals surface area contributed by atoms with Gasteiger partial charge in [-0.25, -0.2) is 8.42 Å². The fourth-order valence-electron chi connectivity index (χ4n) is 1.64. The molecular formula is C13H13ClN6O2S. The number of halogens is 1. The average molecular weight is 353 g/mol. The van der Waals surface area contributed by atoms with Crippen LogP contribution in [0.15, 0.2) is 29.3 Å². The smallest absolute Gasteiger partial charge is 0.216 e. The highest BCUT2D eigenvalue weighted by Crippen LogP contribution is 2.27. The fraction of sp³-hybridized carbons (Fsp3) is 0.231. The summed E-state index contributed by atoms with van der Waals surface area (Å²) in [5.74, 6) is 0.113. The van der Waals surface area contributed by atoms with E-state index in [0.29, 0.717) is 10.7 Å². The number of anilines is 1. The van der Waals surface area contributed by atoms with Gasteiger partial charge in [-0.1, -0.05) is 11.6 Å². The van der Waals surface area contributed by atoms with Gasteiger partial charge in [0.2, 0.25) is 5.82 Å². The minimum atomic E-state index is -3.43. The quantitative estimate of drug-likeness (QED) is 0.788. The van der Waals surface area contributed by atoms with Crippen LogP contribution < -0.4 is 5.32 Å². The second-order valence-electron chi connectivity index (χ2n) is 4.78. The Labute approximate surface area is 138 Å². The molecule has 2 N–H and O–H groups in total. The summed E-state index contributed by atoms with van der Waals surface area (Å²) in [6.07, 6.45) is 1.33. The van der Waals surface area contributed by atoms with E-state index in [9.17, 15) is 8.42 Å². The van der Waals surface area contributed by atoms with Gasteiger partial charge in [-0.05, 0) is 37.3 Å². The van der Waals surface area contributed by atoms with E-state index in [-0.39, 0.29) is 16.3 Å². The standard InChI is InChI=1S/C13H13ClN6O2S/c1-8(2)23(21,22)10-3-4-11(14)12(5-10)16-7-9(6-15)13-17-19-20-18-13/h3-5,7-8,16H,1-2H3,(H,17,18,19,20). The van der Waals surface area contributed by atoms with Crippen LogP contribution in [0.25, 0.3) is 5.57 Å². The van der Waals surface area contributed by atoms with E-state index in [1.807, 2.05) is 6.07 Å². The normalized spacial score (nSPS) is 12.2. The fourth-order valence-corrected chi connectivity index (χ4v) is 2.89. The highest BCUT2D eigenvalue weighted by molar-refractivity contribution is 7.92. The Balaban J connectivity index is 2.36. The van der Waals surface area contributed by atoms with Crippen molar-refractivity contribution in [2.24, 2.45) is 0 Å². The summed E-state index contributed by atoms with van der Waals surface area (Å²) in [6, 6.07) is 6.25. The minimum absolute atomic E-state index is 0.113. The van der Waals surface area contributed by atoms with Gasteiger partial charge < -0.3 is 5.32 Å². The highest BCUT2D eigenvalue weighted by Gasteiger charge is 2.20. The maximum absolute atomic E-state index is 12.2. The van der Waals surface area contributed by atoms with Crippen LogP contribution in [0, 0.1) is 11.3 Å². The molecular weight excluding hydrogens is 340 g/mol. The van der Waals surface area contributed by atoms with E-state index in [1.165, 1.54) is 24.4 Å². The number of nitrogens with zero attached hydrogens (tertiary/aromatic N) is 4. The van der Waals surface area contributed by atoms with Gasteiger partial charge in [0, 0.05) is 6.20 Å². The molecule has 0 saturated carbocycles. The van der Waals surface area contributed by atoms with Gasteiger partial charge >= 0.3 is 0 Å². The van der Waals surface area contributed by atoms with Crippen molar-refractivity contribution in [3.8, 4) is 6.07 Å². The lowest BCUT2D eigenvalue weighted by Crippen LogP contribution is -2.14. The Hall–Kier alpha value is -2.44. The first-order valence-electron chi connectivity index (χ1n) is 6.50. The van der Waals surface area contributed by atoms with Crippen molar-refractivity contribution >= 4 is 32.7 Å². The van der Waals surface area contributed by atoms with Crippen LogP contribution >= 0.6 is 11.6 Å². The molecule has 0 radical (unpaired) electrons. The number of benzene rings is 1. The minimum Gasteiger partial charge on any atom is -0.359 e. The largest absolute Gasteiger partial charge is 0.359 e. The second kappa shape index (κ2) is 6.76. The molecule has 23 heavy (non-hydrogen) atoms. The molecule has 0 aliphatic carbocycles.